The van der Waals surface area contributed by atoms with Gasteiger partial charge in [-0.25, -0.2) is 0 Å². The number of pyridine rings is 2. The van der Waals surface area contributed by atoms with Crippen LogP contribution in [-0.2, 0) is 43.1 Å². The van der Waals surface area contributed by atoms with Gasteiger partial charge in [-0.15, -0.1) is 0 Å². The van der Waals surface area contributed by atoms with E-state index in [-0.39, 0.29) is 22.9 Å². The fourth-order valence-electron chi connectivity index (χ4n) is 6.95. The molecule has 2 amide bonds. The van der Waals surface area contributed by atoms with Crippen LogP contribution in [0.3, 0.4) is 0 Å². The Morgan fingerprint density at radius 2 is 1.19 bits per heavy atom. The van der Waals surface area contributed by atoms with E-state index in [0.717, 1.165) is 57.6 Å². The number of halogens is 1. The van der Waals surface area contributed by atoms with Crippen molar-refractivity contribution < 1.29 is 9.59 Å². The van der Waals surface area contributed by atoms with Crippen LogP contribution in [0.25, 0.3) is 22.3 Å². The number of aromatic nitrogens is 2. The topological polar surface area (TPSA) is 114 Å². The van der Waals surface area contributed by atoms with E-state index < -0.39 is 0 Å². The highest BCUT2D eigenvalue weighted by Gasteiger charge is 2.22. The van der Waals surface area contributed by atoms with Gasteiger partial charge in [0, 0.05) is 68.7 Å². The van der Waals surface area contributed by atoms with Gasteiger partial charge in [-0.2, -0.15) is 0 Å². The lowest BCUT2D eigenvalue weighted by Gasteiger charge is -2.23. The number of nitrogens with one attached hydrogen (secondary N) is 3. The van der Waals surface area contributed by atoms with E-state index in [9.17, 15) is 19.2 Å². The highest BCUT2D eigenvalue weighted by Crippen LogP contribution is 2.36. The molecule has 1 saturated carbocycles. The lowest BCUT2D eigenvalue weighted by atomic mass is 9.93. The van der Waals surface area contributed by atoms with Gasteiger partial charge in [-0.3, -0.25) is 19.2 Å². The van der Waals surface area contributed by atoms with Crippen LogP contribution in [0.15, 0.2) is 58.4 Å². The van der Waals surface area contributed by atoms with E-state index in [1.165, 1.54) is 31.2 Å². The van der Waals surface area contributed by atoms with Crippen LogP contribution in [0.2, 0.25) is 5.02 Å². The predicted octanol–water partition coefficient (Wildman–Crippen LogP) is 6.18. The van der Waals surface area contributed by atoms with Gasteiger partial charge in [0.2, 0.25) is 11.8 Å². The van der Waals surface area contributed by atoms with Crippen molar-refractivity contribution in [3.8, 4) is 22.3 Å². The molecule has 0 radical (unpaired) electrons. The Morgan fingerprint density at radius 1 is 0.688 bits per heavy atom. The minimum Gasteiger partial charge on any atom is -0.326 e. The smallest absolute Gasteiger partial charge is 0.253 e. The number of amides is 2. The van der Waals surface area contributed by atoms with Crippen molar-refractivity contribution in [3.05, 3.63) is 102 Å². The Morgan fingerprint density at radius 3 is 1.73 bits per heavy atom. The molecule has 9 nitrogen and oxygen atoms in total. The summed E-state index contributed by atoms with van der Waals surface area (Å²) in [6, 6.07) is 12.6. The summed E-state index contributed by atoms with van der Waals surface area (Å²) in [7, 11) is 3.53. The summed E-state index contributed by atoms with van der Waals surface area (Å²) < 4.78 is 3.21. The molecule has 2 aromatic carbocycles. The van der Waals surface area contributed by atoms with Crippen LogP contribution < -0.4 is 27.1 Å². The highest BCUT2D eigenvalue weighted by molar-refractivity contribution is 6.34. The van der Waals surface area contributed by atoms with Gasteiger partial charge >= 0.3 is 0 Å². The van der Waals surface area contributed by atoms with E-state index in [0.29, 0.717) is 41.6 Å². The Balaban J connectivity index is 0.000000173. The summed E-state index contributed by atoms with van der Waals surface area (Å²) in [4.78, 5) is 47.2. The van der Waals surface area contributed by atoms with E-state index in [2.05, 4.69) is 28.1 Å². The first-order valence-electron chi connectivity index (χ1n) is 16.6. The Labute approximate surface area is 285 Å². The van der Waals surface area contributed by atoms with Gasteiger partial charge in [-0.1, -0.05) is 24.4 Å². The Hall–Kier alpha value is -4.47. The molecule has 4 heterocycles. The van der Waals surface area contributed by atoms with Crippen molar-refractivity contribution in [2.45, 2.75) is 77.8 Å². The van der Waals surface area contributed by atoms with Crippen LogP contribution in [0.5, 0.6) is 0 Å². The molecule has 2 aliphatic heterocycles. The minimum absolute atomic E-state index is 0.00453. The molecule has 1 aliphatic carbocycles. The SMILES string of the molecule is Cc1cc(-c2cc(Cl)c3c(c2)CCC(=O)N3)cn(C)c1=O.Cc1cc(-c2cc3c(c(CNC4CCCC4)c2)NC(=O)CC3)cn(C)c1=O. The molecular weight excluding hydrogens is 626 g/mol. The summed E-state index contributed by atoms with van der Waals surface area (Å²) in [5, 5.41) is 10.1. The van der Waals surface area contributed by atoms with Crippen molar-refractivity contribution in [2.75, 3.05) is 10.6 Å². The molecule has 0 saturated heterocycles. The van der Waals surface area contributed by atoms with E-state index in [4.69, 9.17) is 11.6 Å². The van der Waals surface area contributed by atoms with Crippen LogP contribution >= 0.6 is 11.6 Å². The highest BCUT2D eigenvalue weighted by atomic mass is 35.5. The molecular formula is C38H42ClN5O4. The van der Waals surface area contributed by atoms with Gasteiger partial charge in [-0.05, 0) is 115 Å². The Kier molecular flexibility index (Phi) is 9.71. The molecule has 3 N–H and O–H groups in total. The van der Waals surface area contributed by atoms with Gasteiger partial charge in [0.15, 0.2) is 0 Å². The van der Waals surface area contributed by atoms with E-state index in [1.807, 2.05) is 37.4 Å². The quantitative estimate of drug-likeness (QED) is 0.235. The fourth-order valence-corrected chi connectivity index (χ4v) is 7.24. The van der Waals surface area contributed by atoms with Gasteiger partial charge in [0.1, 0.15) is 0 Å². The number of nitrogens with zero attached hydrogens (tertiary/aromatic N) is 2. The maximum absolute atomic E-state index is 12.0. The summed E-state index contributed by atoms with van der Waals surface area (Å²) in [6.45, 7) is 4.41. The first kappa shape index (κ1) is 33.4. The van der Waals surface area contributed by atoms with Gasteiger partial charge < -0.3 is 25.1 Å². The molecule has 7 rings (SSSR count). The van der Waals surface area contributed by atoms with Crippen molar-refractivity contribution in [1.29, 1.82) is 0 Å². The maximum atomic E-state index is 12.0. The van der Waals surface area contributed by atoms with Crippen LogP contribution in [0, 0.1) is 13.8 Å². The number of aryl methyl sites for hydroxylation is 6. The lowest BCUT2D eigenvalue weighted by molar-refractivity contribution is -0.117. The molecule has 1 fully saturated rings. The summed E-state index contributed by atoms with van der Waals surface area (Å²) >= 11 is 6.29. The minimum atomic E-state index is -0.00456. The third-order valence-corrected chi connectivity index (χ3v) is 9.87. The zero-order valence-corrected chi connectivity index (χ0v) is 28.7. The van der Waals surface area contributed by atoms with Crippen LogP contribution in [0.1, 0.15) is 66.3 Å². The molecule has 2 aromatic heterocycles. The van der Waals surface area contributed by atoms with Crippen LogP contribution in [0.4, 0.5) is 11.4 Å². The standard InChI is InChI=1S/C22H27N3O2.C16H15ClN2O2/c1-14-9-18(13-25(2)22(14)27)16-10-15-7-8-20(26)24-21(15)17(11-16)12-23-19-5-3-4-6-19;1-9-5-12(8-19(2)16(9)21)11-6-10-3-4-14(20)18-15(10)13(17)7-11/h9-11,13,19,23H,3-8,12H2,1-2H3,(H,24,26);5-8H,3-4H2,1-2H3,(H,18,20). The molecule has 0 unspecified atom stereocenters. The van der Waals surface area contributed by atoms with Crippen molar-refractivity contribution in [1.82, 2.24) is 14.5 Å². The lowest BCUT2D eigenvalue weighted by Crippen LogP contribution is -2.27. The molecule has 10 heteroatoms. The number of carbonyl (C=O) groups is 2. The second kappa shape index (κ2) is 13.9. The second-order valence-corrected chi connectivity index (χ2v) is 13.7. The average Bonchev–Trinajstić information content (AvgIpc) is 3.59. The Bertz CT molecular complexity index is 1990. The van der Waals surface area contributed by atoms with Gasteiger partial charge in [0.25, 0.3) is 11.1 Å². The first-order valence-corrected chi connectivity index (χ1v) is 17.0. The molecule has 0 atom stereocenters. The van der Waals surface area contributed by atoms with Crippen molar-refractivity contribution >= 4 is 34.8 Å². The average molecular weight is 668 g/mol. The fraction of sp³-hybridized carbons (Fsp3) is 0.368. The third kappa shape index (κ3) is 7.17. The van der Waals surface area contributed by atoms with E-state index in [1.54, 1.807) is 36.4 Å². The largest absolute Gasteiger partial charge is 0.326 e. The third-order valence-electron chi connectivity index (χ3n) is 9.57. The number of benzene rings is 2. The van der Waals surface area contributed by atoms with E-state index >= 15 is 0 Å². The number of hydrogen-bond acceptors (Lipinski definition) is 5. The molecule has 250 valence electrons. The molecule has 3 aliphatic rings. The van der Waals surface area contributed by atoms with Crippen molar-refractivity contribution in [2.24, 2.45) is 14.1 Å². The molecule has 0 bridgehead atoms. The summed E-state index contributed by atoms with van der Waals surface area (Å²) in [5.41, 5.74) is 10.5. The monoisotopic (exact) mass is 667 g/mol. The summed E-state index contributed by atoms with van der Waals surface area (Å²) in [6.07, 6.45) is 11.2. The molecule has 48 heavy (non-hydrogen) atoms. The number of rotatable bonds is 5. The molecule has 0 spiro atoms. The number of fused-ring (bicyclic) bond motifs is 2. The number of carbonyl (C=O) groups excluding carboxylic acids is 2. The predicted molar refractivity (Wildman–Crippen MR) is 192 cm³/mol. The number of hydrogen-bond donors (Lipinski definition) is 3. The van der Waals surface area contributed by atoms with Gasteiger partial charge in [0.05, 0.1) is 10.7 Å². The first-order chi connectivity index (χ1) is 23.0. The zero-order valence-electron chi connectivity index (χ0n) is 28.0. The normalized spacial score (nSPS) is 15.6. The maximum Gasteiger partial charge on any atom is 0.253 e. The number of anilines is 2. The zero-order chi connectivity index (χ0) is 34.1. The van der Waals surface area contributed by atoms with Crippen LogP contribution in [-0.4, -0.2) is 27.0 Å². The molecule has 4 aromatic rings. The second-order valence-electron chi connectivity index (χ2n) is 13.3. The van der Waals surface area contributed by atoms with Crippen molar-refractivity contribution in [3.63, 3.8) is 0 Å². The summed E-state index contributed by atoms with van der Waals surface area (Å²) in [5.74, 6) is 0.0884.